The van der Waals surface area contributed by atoms with Gasteiger partial charge in [-0.2, -0.15) is 0 Å². The van der Waals surface area contributed by atoms with E-state index in [4.69, 9.17) is 10.2 Å². The Balaban J connectivity index is 1.93. The van der Waals surface area contributed by atoms with Crippen LogP contribution in [0.2, 0.25) is 0 Å². The molecule has 0 fully saturated rings. The summed E-state index contributed by atoms with van der Waals surface area (Å²) in [5.41, 5.74) is 5.49. The van der Waals surface area contributed by atoms with Gasteiger partial charge in [0.25, 0.3) is 0 Å². The van der Waals surface area contributed by atoms with Crippen molar-refractivity contribution in [1.82, 2.24) is 4.72 Å². The molecule has 0 spiro atoms. The summed E-state index contributed by atoms with van der Waals surface area (Å²) in [7, 11) is -3.46. The van der Waals surface area contributed by atoms with E-state index in [0.29, 0.717) is 23.6 Å². The molecule has 1 atom stereocenters. The first-order chi connectivity index (χ1) is 9.51. The maximum Gasteiger partial charge on any atom is 0.250 e. The second-order valence-corrected chi connectivity index (χ2v) is 7.67. The molecule has 7 heteroatoms. The third-order valence-corrected chi connectivity index (χ3v) is 6.05. The Bertz CT molecular complexity index is 632. The predicted molar refractivity (Wildman–Crippen MR) is 79.0 cm³/mol. The molecule has 0 aliphatic rings. The Morgan fingerprint density at radius 2 is 2.20 bits per heavy atom. The van der Waals surface area contributed by atoms with Crippen molar-refractivity contribution >= 4 is 21.4 Å². The van der Waals surface area contributed by atoms with Crippen molar-refractivity contribution in [1.29, 1.82) is 0 Å². The molecule has 0 amide bonds. The smallest absolute Gasteiger partial charge is 0.250 e. The highest BCUT2D eigenvalue weighted by molar-refractivity contribution is 7.91. The van der Waals surface area contributed by atoms with Gasteiger partial charge < -0.3 is 10.2 Å². The molecule has 0 saturated carbocycles. The predicted octanol–water partition coefficient (Wildman–Crippen LogP) is 2.10. The monoisotopic (exact) mass is 314 g/mol. The van der Waals surface area contributed by atoms with Crippen molar-refractivity contribution in [3.8, 4) is 0 Å². The number of nitrogens with two attached hydrogens (primary N) is 1. The van der Waals surface area contributed by atoms with Gasteiger partial charge in [0.2, 0.25) is 10.0 Å². The Morgan fingerprint density at radius 1 is 1.40 bits per heavy atom. The number of hydrogen-bond donors (Lipinski definition) is 2. The van der Waals surface area contributed by atoms with E-state index in [2.05, 4.69) is 4.72 Å². The molecule has 2 heterocycles. The van der Waals surface area contributed by atoms with Crippen LogP contribution >= 0.6 is 11.3 Å². The molecule has 2 aromatic rings. The third kappa shape index (κ3) is 3.92. The molecular weight excluding hydrogens is 296 g/mol. The van der Waals surface area contributed by atoms with Crippen LogP contribution in [-0.4, -0.2) is 14.5 Å². The van der Waals surface area contributed by atoms with Gasteiger partial charge in [-0.1, -0.05) is 0 Å². The van der Waals surface area contributed by atoms with E-state index in [-0.39, 0.29) is 6.04 Å². The summed E-state index contributed by atoms with van der Waals surface area (Å²) < 4.78 is 32.5. The van der Waals surface area contributed by atoms with Crippen LogP contribution in [0.4, 0.5) is 0 Å². The van der Waals surface area contributed by atoms with Crippen molar-refractivity contribution in [2.75, 3.05) is 0 Å². The lowest BCUT2D eigenvalue weighted by molar-refractivity contribution is 0.480. The zero-order chi connectivity index (χ0) is 14.6. The van der Waals surface area contributed by atoms with Crippen LogP contribution in [0.25, 0.3) is 0 Å². The van der Waals surface area contributed by atoms with E-state index in [1.165, 1.54) is 11.3 Å². The number of sulfonamides is 1. The second kappa shape index (κ2) is 6.53. The van der Waals surface area contributed by atoms with Gasteiger partial charge >= 0.3 is 0 Å². The van der Waals surface area contributed by atoms with E-state index >= 15 is 0 Å². The lowest BCUT2D eigenvalue weighted by atomic mass is 10.2. The zero-order valence-corrected chi connectivity index (χ0v) is 12.8. The molecule has 2 aromatic heterocycles. The third-order valence-electron chi connectivity index (χ3n) is 2.86. The molecule has 3 N–H and O–H groups in total. The molecule has 110 valence electrons. The highest BCUT2D eigenvalue weighted by Crippen LogP contribution is 2.21. The normalized spacial score (nSPS) is 13.5. The minimum atomic E-state index is -3.46. The Labute approximate surface area is 122 Å². The minimum Gasteiger partial charge on any atom is -0.469 e. The molecule has 0 bridgehead atoms. The fourth-order valence-corrected chi connectivity index (χ4v) is 4.34. The molecule has 0 aliphatic carbocycles. The van der Waals surface area contributed by atoms with Crippen molar-refractivity contribution in [3.63, 3.8) is 0 Å². The lowest BCUT2D eigenvalue weighted by Gasteiger charge is -2.12. The summed E-state index contributed by atoms with van der Waals surface area (Å²) in [5, 5.41) is 0. The van der Waals surface area contributed by atoms with Gasteiger partial charge in [-0.25, -0.2) is 13.1 Å². The maximum atomic E-state index is 12.2. The number of nitrogens with one attached hydrogen (secondary N) is 1. The number of rotatable bonds is 7. The number of furan rings is 1. The van der Waals surface area contributed by atoms with E-state index in [0.717, 1.165) is 10.6 Å². The van der Waals surface area contributed by atoms with Crippen molar-refractivity contribution in [3.05, 3.63) is 41.2 Å². The van der Waals surface area contributed by atoms with Crippen LogP contribution in [0.3, 0.4) is 0 Å². The number of hydrogen-bond acceptors (Lipinski definition) is 5. The first-order valence-electron chi connectivity index (χ1n) is 6.35. The average Bonchev–Trinajstić information content (AvgIpc) is 3.07. The zero-order valence-electron chi connectivity index (χ0n) is 11.2. The Hall–Kier alpha value is -1.15. The van der Waals surface area contributed by atoms with Gasteiger partial charge in [0, 0.05) is 23.9 Å². The summed E-state index contributed by atoms with van der Waals surface area (Å²) in [6, 6.07) is 6.88. The van der Waals surface area contributed by atoms with E-state index < -0.39 is 10.0 Å². The van der Waals surface area contributed by atoms with Crippen LogP contribution in [0, 0.1) is 0 Å². The van der Waals surface area contributed by atoms with Gasteiger partial charge in [-0.15, -0.1) is 11.3 Å². The molecule has 0 radical (unpaired) electrons. The van der Waals surface area contributed by atoms with Crippen molar-refractivity contribution in [2.24, 2.45) is 5.73 Å². The van der Waals surface area contributed by atoms with Crippen LogP contribution in [0.1, 0.15) is 24.0 Å². The number of thiophene rings is 1. The minimum absolute atomic E-state index is 0.159. The Kier molecular flexibility index (Phi) is 4.98. The molecular formula is C13H18N2O3S2. The van der Waals surface area contributed by atoms with E-state index in [9.17, 15) is 8.42 Å². The summed E-state index contributed by atoms with van der Waals surface area (Å²) in [4.78, 5) is 0.855. The first kappa shape index (κ1) is 15.2. The fourth-order valence-electron chi connectivity index (χ4n) is 1.81. The fraction of sp³-hybridized carbons (Fsp3) is 0.385. The Morgan fingerprint density at radius 3 is 2.80 bits per heavy atom. The van der Waals surface area contributed by atoms with Gasteiger partial charge in [0.15, 0.2) is 0 Å². The summed E-state index contributed by atoms with van der Waals surface area (Å²) in [6.45, 7) is 2.20. The standard InChI is InChI=1S/C13H18N2O3S2/c1-10(4-5-11-3-2-8-18-11)15-20(16,17)13-7-6-12(9-14)19-13/h2-3,6-8,10,15H,4-5,9,14H2,1H3. The van der Waals surface area contributed by atoms with Gasteiger partial charge in [-0.05, 0) is 37.6 Å². The van der Waals surface area contributed by atoms with Gasteiger partial charge in [0.05, 0.1) is 6.26 Å². The molecule has 0 saturated heterocycles. The van der Waals surface area contributed by atoms with Crippen molar-refractivity contribution < 1.29 is 12.8 Å². The van der Waals surface area contributed by atoms with Crippen LogP contribution in [0.15, 0.2) is 39.2 Å². The summed E-state index contributed by atoms with van der Waals surface area (Å²) >= 11 is 1.20. The largest absolute Gasteiger partial charge is 0.469 e. The molecule has 5 nitrogen and oxygen atoms in total. The molecule has 1 unspecified atom stereocenters. The van der Waals surface area contributed by atoms with Gasteiger partial charge in [-0.3, -0.25) is 0 Å². The number of aryl methyl sites for hydroxylation is 1. The maximum absolute atomic E-state index is 12.2. The lowest BCUT2D eigenvalue weighted by Crippen LogP contribution is -2.32. The van der Waals surface area contributed by atoms with Crippen LogP contribution in [0.5, 0.6) is 0 Å². The topological polar surface area (TPSA) is 85.3 Å². The summed E-state index contributed by atoms with van der Waals surface area (Å²) in [5.74, 6) is 0.859. The average molecular weight is 314 g/mol. The SMILES string of the molecule is CC(CCc1ccco1)NS(=O)(=O)c1ccc(CN)s1. The summed E-state index contributed by atoms with van der Waals surface area (Å²) in [6.07, 6.45) is 3.00. The van der Waals surface area contributed by atoms with Crippen LogP contribution in [-0.2, 0) is 23.0 Å². The quantitative estimate of drug-likeness (QED) is 0.819. The van der Waals surface area contributed by atoms with Crippen LogP contribution < -0.4 is 10.5 Å². The van der Waals surface area contributed by atoms with Crippen molar-refractivity contribution in [2.45, 2.75) is 36.6 Å². The molecule has 0 aliphatic heterocycles. The molecule has 2 rings (SSSR count). The van der Waals surface area contributed by atoms with E-state index in [1.807, 2.05) is 19.1 Å². The second-order valence-electron chi connectivity index (χ2n) is 4.57. The van der Waals surface area contributed by atoms with Gasteiger partial charge in [0.1, 0.15) is 9.97 Å². The highest BCUT2D eigenvalue weighted by Gasteiger charge is 2.19. The molecule has 20 heavy (non-hydrogen) atoms. The van der Waals surface area contributed by atoms with E-state index in [1.54, 1.807) is 18.4 Å². The first-order valence-corrected chi connectivity index (χ1v) is 8.64. The highest BCUT2D eigenvalue weighted by atomic mass is 32.2. The molecule has 0 aromatic carbocycles.